The fourth-order valence-electron chi connectivity index (χ4n) is 2.89. The predicted octanol–water partition coefficient (Wildman–Crippen LogP) is 3.78. The minimum atomic E-state index is -0.398. The Kier molecular flexibility index (Phi) is 5.20. The molecule has 1 fully saturated rings. The van der Waals surface area contributed by atoms with E-state index >= 15 is 0 Å². The molecule has 1 aliphatic carbocycles. The van der Waals surface area contributed by atoms with Crippen LogP contribution < -0.4 is 10.1 Å². The van der Waals surface area contributed by atoms with Crippen molar-refractivity contribution in [1.29, 1.82) is 0 Å². The quantitative estimate of drug-likeness (QED) is 0.876. The Labute approximate surface area is 141 Å². The normalized spacial score (nSPS) is 20.6. The first-order valence-electron chi connectivity index (χ1n) is 8.50. The van der Waals surface area contributed by atoms with Crippen LogP contribution in [0.1, 0.15) is 48.9 Å². The molecule has 0 radical (unpaired) electrons. The lowest BCUT2D eigenvalue weighted by molar-refractivity contribution is 0.00688. The van der Waals surface area contributed by atoms with Gasteiger partial charge in [0.25, 0.3) is 5.91 Å². The number of carbonyl (C=O) groups is 1. The Hall–Kier alpha value is -2.27. The van der Waals surface area contributed by atoms with Crippen molar-refractivity contribution in [2.45, 2.75) is 51.2 Å². The molecule has 2 unspecified atom stereocenters. The SMILES string of the molecule is CCc1ccc(C(=O)Nc2ccc(OC3CCCCC3O)cc2)o1. The summed E-state index contributed by atoms with van der Waals surface area (Å²) in [5.74, 6) is 1.52. The smallest absolute Gasteiger partial charge is 0.291 e. The van der Waals surface area contributed by atoms with E-state index in [1.165, 1.54) is 0 Å². The third-order valence-corrected chi connectivity index (χ3v) is 4.30. The number of rotatable bonds is 5. The van der Waals surface area contributed by atoms with E-state index in [-0.39, 0.29) is 12.0 Å². The highest BCUT2D eigenvalue weighted by Crippen LogP contribution is 2.25. The largest absolute Gasteiger partial charge is 0.488 e. The van der Waals surface area contributed by atoms with Gasteiger partial charge in [0, 0.05) is 12.1 Å². The lowest BCUT2D eigenvalue weighted by atomic mass is 9.95. The molecular formula is C19H23NO4. The first-order chi connectivity index (χ1) is 11.7. The van der Waals surface area contributed by atoms with Gasteiger partial charge >= 0.3 is 0 Å². The second-order valence-electron chi connectivity index (χ2n) is 6.11. The van der Waals surface area contributed by atoms with Gasteiger partial charge < -0.3 is 19.6 Å². The molecule has 5 heteroatoms. The van der Waals surface area contributed by atoms with E-state index in [9.17, 15) is 9.90 Å². The van der Waals surface area contributed by atoms with Crippen molar-refractivity contribution < 1.29 is 19.1 Å². The number of nitrogens with one attached hydrogen (secondary N) is 1. The number of hydrogen-bond acceptors (Lipinski definition) is 4. The van der Waals surface area contributed by atoms with Crippen LogP contribution in [0.2, 0.25) is 0 Å². The maximum atomic E-state index is 12.1. The van der Waals surface area contributed by atoms with Gasteiger partial charge in [-0.05, 0) is 55.7 Å². The molecule has 2 N–H and O–H groups in total. The Morgan fingerprint density at radius 3 is 2.62 bits per heavy atom. The number of carbonyl (C=O) groups excluding carboxylic acids is 1. The summed E-state index contributed by atoms with van der Waals surface area (Å²) in [7, 11) is 0. The molecule has 0 spiro atoms. The fourth-order valence-corrected chi connectivity index (χ4v) is 2.89. The third-order valence-electron chi connectivity index (χ3n) is 4.30. The van der Waals surface area contributed by atoms with Crippen molar-refractivity contribution >= 4 is 11.6 Å². The molecule has 2 atom stereocenters. The lowest BCUT2D eigenvalue weighted by Crippen LogP contribution is -2.34. The van der Waals surface area contributed by atoms with Crippen LogP contribution in [0.3, 0.4) is 0 Å². The Morgan fingerprint density at radius 2 is 1.96 bits per heavy atom. The highest BCUT2D eigenvalue weighted by Gasteiger charge is 2.24. The number of amides is 1. The van der Waals surface area contributed by atoms with Crippen LogP contribution >= 0.6 is 0 Å². The van der Waals surface area contributed by atoms with Gasteiger partial charge in [0.2, 0.25) is 0 Å². The number of aryl methyl sites for hydroxylation is 1. The van der Waals surface area contributed by atoms with Crippen molar-refractivity contribution in [3.63, 3.8) is 0 Å². The maximum Gasteiger partial charge on any atom is 0.291 e. The summed E-state index contributed by atoms with van der Waals surface area (Å²) in [4.78, 5) is 12.1. The zero-order valence-electron chi connectivity index (χ0n) is 13.8. The molecule has 1 aliphatic rings. The van der Waals surface area contributed by atoms with Gasteiger partial charge in [-0.15, -0.1) is 0 Å². The lowest BCUT2D eigenvalue weighted by Gasteiger charge is -2.28. The highest BCUT2D eigenvalue weighted by atomic mass is 16.5. The molecule has 5 nitrogen and oxygen atoms in total. The number of aliphatic hydroxyl groups excluding tert-OH is 1. The van der Waals surface area contributed by atoms with Gasteiger partial charge in [-0.2, -0.15) is 0 Å². The summed E-state index contributed by atoms with van der Waals surface area (Å²) in [6, 6.07) is 10.7. The average Bonchev–Trinajstić information content (AvgIpc) is 3.08. The van der Waals surface area contributed by atoms with Gasteiger partial charge in [-0.3, -0.25) is 4.79 Å². The number of ether oxygens (including phenoxy) is 1. The van der Waals surface area contributed by atoms with Gasteiger partial charge in [-0.1, -0.05) is 13.3 Å². The van der Waals surface area contributed by atoms with E-state index in [1.807, 2.05) is 6.92 Å². The fraction of sp³-hybridized carbons (Fsp3) is 0.421. The molecule has 1 amide bonds. The van der Waals surface area contributed by atoms with Crippen molar-refractivity contribution in [1.82, 2.24) is 0 Å². The molecule has 0 aliphatic heterocycles. The van der Waals surface area contributed by atoms with Crippen molar-refractivity contribution in [2.24, 2.45) is 0 Å². The highest BCUT2D eigenvalue weighted by molar-refractivity contribution is 6.02. The van der Waals surface area contributed by atoms with E-state index in [0.717, 1.165) is 37.9 Å². The van der Waals surface area contributed by atoms with Crippen LogP contribution in [0, 0.1) is 0 Å². The molecule has 3 rings (SSSR count). The van der Waals surface area contributed by atoms with Crippen LogP contribution in [-0.4, -0.2) is 23.2 Å². The number of furan rings is 1. The van der Waals surface area contributed by atoms with Gasteiger partial charge in [0.1, 0.15) is 17.6 Å². The second-order valence-corrected chi connectivity index (χ2v) is 6.11. The molecule has 1 aromatic heterocycles. The minimum Gasteiger partial charge on any atom is -0.488 e. The zero-order valence-corrected chi connectivity index (χ0v) is 13.8. The van der Waals surface area contributed by atoms with Crippen LogP contribution in [0.25, 0.3) is 0 Å². The standard InChI is InChI=1S/C19H23NO4/c1-2-14-11-12-18(23-14)19(22)20-13-7-9-15(10-8-13)24-17-6-4-3-5-16(17)21/h7-12,16-17,21H,2-6H2,1H3,(H,20,22). The van der Waals surface area contributed by atoms with E-state index in [4.69, 9.17) is 9.15 Å². The third kappa shape index (κ3) is 3.97. The van der Waals surface area contributed by atoms with E-state index in [0.29, 0.717) is 17.2 Å². The number of benzene rings is 1. The molecule has 128 valence electrons. The monoisotopic (exact) mass is 329 g/mol. The number of hydrogen-bond donors (Lipinski definition) is 2. The summed E-state index contributed by atoms with van der Waals surface area (Å²) in [5.41, 5.74) is 0.672. The second kappa shape index (κ2) is 7.53. The van der Waals surface area contributed by atoms with E-state index < -0.39 is 6.10 Å². The zero-order chi connectivity index (χ0) is 16.9. The van der Waals surface area contributed by atoms with Gasteiger partial charge in [0.15, 0.2) is 5.76 Å². The van der Waals surface area contributed by atoms with Crippen LogP contribution in [-0.2, 0) is 6.42 Å². The molecule has 2 aromatic rings. The van der Waals surface area contributed by atoms with E-state index in [2.05, 4.69) is 5.32 Å². The number of aliphatic hydroxyl groups is 1. The predicted molar refractivity (Wildman–Crippen MR) is 91.4 cm³/mol. The summed E-state index contributed by atoms with van der Waals surface area (Å²) in [5, 5.41) is 12.8. The molecule has 1 aromatic carbocycles. The summed E-state index contributed by atoms with van der Waals surface area (Å²) in [6.07, 6.45) is 4.02. The van der Waals surface area contributed by atoms with Crippen molar-refractivity contribution in [2.75, 3.05) is 5.32 Å². The molecule has 1 heterocycles. The first-order valence-corrected chi connectivity index (χ1v) is 8.50. The first kappa shape index (κ1) is 16.6. The van der Waals surface area contributed by atoms with E-state index in [1.54, 1.807) is 36.4 Å². The van der Waals surface area contributed by atoms with Crippen LogP contribution in [0.4, 0.5) is 5.69 Å². The Bertz CT molecular complexity index is 677. The van der Waals surface area contributed by atoms with Crippen LogP contribution in [0.15, 0.2) is 40.8 Å². The van der Waals surface area contributed by atoms with Crippen molar-refractivity contribution in [3.8, 4) is 5.75 Å². The Balaban J connectivity index is 1.58. The maximum absolute atomic E-state index is 12.1. The van der Waals surface area contributed by atoms with Crippen LogP contribution in [0.5, 0.6) is 5.75 Å². The van der Waals surface area contributed by atoms with Crippen molar-refractivity contribution in [3.05, 3.63) is 47.9 Å². The topological polar surface area (TPSA) is 71.7 Å². The molecule has 24 heavy (non-hydrogen) atoms. The molecule has 0 bridgehead atoms. The van der Waals surface area contributed by atoms with Gasteiger partial charge in [-0.25, -0.2) is 0 Å². The average molecular weight is 329 g/mol. The molecular weight excluding hydrogens is 306 g/mol. The minimum absolute atomic E-state index is 0.144. The Morgan fingerprint density at radius 1 is 1.21 bits per heavy atom. The molecule has 1 saturated carbocycles. The summed E-state index contributed by atoms with van der Waals surface area (Å²) < 4.78 is 11.3. The summed E-state index contributed by atoms with van der Waals surface area (Å²) in [6.45, 7) is 1.97. The number of anilines is 1. The summed E-state index contributed by atoms with van der Waals surface area (Å²) >= 11 is 0. The molecule has 0 saturated heterocycles. The van der Waals surface area contributed by atoms with Gasteiger partial charge in [0.05, 0.1) is 6.10 Å².